The fraction of sp³-hybridized carbons (Fsp3) is 0.267. The summed E-state index contributed by atoms with van der Waals surface area (Å²) in [6.45, 7) is 4.61. The summed E-state index contributed by atoms with van der Waals surface area (Å²) in [7, 11) is 0. The van der Waals surface area contributed by atoms with Crippen molar-refractivity contribution in [2.45, 2.75) is 26.9 Å². The lowest BCUT2D eigenvalue weighted by Crippen LogP contribution is -2.30. The van der Waals surface area contributed by atoms with Crippen molar-refractivity contribution >= 4 is 52.4 Å². The van der Waals surface area contributed by atoms with Crippen LogP contribution in [-0.4, -0.2) is 23.1 Å². The molecule has 0 bridgehead atoms. The van der Waals surface area contributed by atoms with Crippen LogP contribution in [0.15, 0.2) is 16.7 Å². The van der Waals surface area contributed by atoms with Gasteiger partial charge in [0.1, 0.15) is 11.3 Å². The van der Waals surface area contributed by atoms with E-state index in [1.165, 1.54) is 19.1 Å². The number of carbonyl (C=O) groups excluding carboxylic acids is 2. The molecule has 128 valence electrons. The number of aromatic nitrogens is 1. The number of nitrogens with zero attached hydrogens (tertiary/aromatic N) is 1. The zero-order chi connectivity index (χ0) is 18.0. The third-order valence-corrected chi connectivity index (χ3v) is 4.19. The van der Waals surface area contributed by atoms with Crippen molar-refractivity contribution in [2.75, 3.05) is 5.32 Å². The summed E-state index contributed by atoms with van der Waals surface area (Å²) in [5.41, 5.74) is 0.844. The van der Waals surface area contributed by atoms with E-state index < -0.39 is 18.0 Å². The standard InChI is InChI=1S/C15H13Cl3N2O4/c1-6-13(7(2)24-20-6)15(22)23-8(3)14(21)19-12-5-10(17)9(16)4-11(12)18/h4-5,8H,1-3H3,(H,19,21). The molecule has 0 radical (unpaired) electrons. The highest BCUT2D eigenvalue weighted by Crippen LogP contribution is 2.32. The lowest BCUT2D eigenvalue weighted by molar-refractivity contribution is -0.123. The normalized spacial score (nSPS) is 11.9. The number of benzene rings is 1. The highest BCUT2D eigenvalue weighted by molar-refractivity contribution is 6.44. The van der Waals surface area contributed by atoms with Gasteiger partial charge in [-0.3, -0.25) is 4.79 Å². The van der Waals surface area contributed by atoms with Gasteiger partial charge in [0.2, 0.25) is 0 Å². The van der Waals surface area contributed by atoms with E-state index in [1.807, 2.05) is 0 Å². The van der Waals surface area contributed by atoms with Crippen LogP contribution in [0.2, 0.25) is 15.1 Å². The average molecular weight is 392 g/mol. The van der Waals surface area contributed by atoms with Gasteiger partial charge < -0.3 is 14.6 Å². The SMILES string of the molecule is Cc1noc(C)c1C(=O)OC(C)C(=O)Nc1cc(Cl)c(Cl)cc1Cl. The molecule has 1 aromatic carbocycles. The molecule has 6 nitrogen and oxygen atoms in total. The molecule has 9 heteroatoms. The average Bonchev–Trinajstić information content (AvgIpc) is 2.83. The molecular formula is C15H13Cl3N2O4. The van der Waals surface area contributed by atoms with E-state index in [4.69, 9.17) is 44.1 Å². The van der Waals surface area contributed by atoms with Crippen molar-refractivity contribution in [3.05, 3.63) is 44.2 Å². The van der Waals surface area contributed by atoms with Crippen LogP contribution in [0, 0.1) is 13.8 Å². The Morgan fingerprint density at radius 3 is 2.38 bits per heavy atom. The second-order valence-electron chi connectivity index (χ2n) is 4.98. The molecule has 1 unspecified atom stereocenters. The summed E-state index contributed by atoms with van der Waals surface area (Å²) in [4.78, 5) is 24.3. The smallest absolute Gasteiger partial charge is 0.344 e. The number of ether oxygens (including phenoxy) is 1. The predicted octanol–water partition coefficient (Wildman–Crippen LogP) is 4.44. The summed E-state index contributed by atoms with van der Waals surface area (Å²) in [5, 5.41) is 6.90. The number of esters is 1. The van der Waals surface area contributed by atoms with E-state index in [-0.39, 0.29) is 26.3 Å². The third-order valence-electron chi connectivity index (χ3n) is 3.16. The Kier molecular flexibility index (Phi) is 5.74. The molecule has 24 heavy (non-hydrogen) atoms. The molecular weight excluding hydrogens is 379 g/mol. The minimum absolute atomic E-state index is 0.196. The van der Waals surface area contributed by atoms with Gasteiger partial charge in [0.15, 0.2) is 6.10 Å². The minimum atomic E-state index is -1.07. The van der Waals surface area contributed by atoms with Gasteiger partial charge >= 0.3 is 5.97 Å². The van der Waals surface area contributed by atoms with E-state index in [9.17, 15) is 9.59 Å². The largest absolute Gasteiger partial charge is 0.449 e. The Labute approximate surface area is 153 Å². The fourth-order valence-electron chi connectivity index (χ4n) is 1.90. The molecule has 0 fully saturated rings. The second kappa shape index (κ2) is 7.42. The Morgan fingerprint density at radius 2 is 1.79 bits per heavy atom. The van der Waals surface area contributed by atoms with Crippen molar-refractivity contribution in [1.29, 1.82) is 0 Å². The summed E-state index contributed by atoms with van der Waals surface area (Å²) >= 11 is 17.7. The van der Waals surface area contributed by atoms with Crippen LogP contribution in [0.3, 0.4) is 0 Å². The maximum Gasteiger partial charge on any atom is 0.344 e. The maximum atomic E-state index is 12.2. The Morgan fingerprint density at radius 1 is 1.17 bits per heavy atom. The van der Waals surface area contributed by atoms with Crippen molar-refractivity contribution in [3.8, 4) is 0 Å². The summed E-state index contributed by atoms with van der Waals surface area (Å²) in [6, 6.07) is 2.81. The van der Waals surface area contributed by atoms with Gasteiger partial charge in [-0.15, -0.1) is 0 Å². The quantitative estimate of drug-likeness (QED) is 0.615. The monoisotopic (exact) mass is 390 g/mol. The van der Waals surface area contributed by atoms with E-state index in [0.29, 0.717) is 11.5 Å². The van der Waals surface area contributed by atoms with Gasteiger partial charge in [-0.05, 0) is 32.9 Å². The van der Waals surface area contributed by atoms with E-state index in [1.54, 1.807) is 13.8 Å². The van der Waals surface area contributed by atoms with Crippen molar-refractivity contribution in [2.24, 2.45) is 0 Å². The molecule has 0 aliphatic carbocycles. The number of amides is 1. The number of hydrogen-bond donors (Lipinski definition) is 1. The molecule has 0 aliphatic rings. The summed E-state index contributed by atoms with van der Waals surface area (Å²) < 4.78 is 10.0. The van der Waals surface area contributed by atoms with Crippen molar-refractivity contribution in [3.63, 3.8) is 0 Å². The highest BCUT2D eigenvalue weighted by atomic mass is 35.5. The Bertz CT molecular complexity index is 785. The van der Waals surface area contributed by atoms with Crippen molar-refractivity contribution in [1.82, 2.24) is 5.16 Å². The Hall–Kier alpha value is -1.76. The molecule has 0 spiro atoms. The maximum absolute atomic E-state index is 12.2. The molecule has 0 aliphatic heterocycles. The lowest BCUT2D eigenvalue weighted by Gasteiger charge is -2.14. The number of nitrogens with one attached hydrogen (secondary N) is 1. The summed E-state index contributed by atoms with van der Waals surface area (Å²) in [6.07, 6.45) is -1.07. The first-order valence-electron chi connectivity index (χ1n) is 6.80. The molecule has 0 saturated heterocycles. The number of anilines is 1. The third kappa shape index (κ3) is 4.01. The molecule has 1 amide bonds. The fourth-order valence-corrected chi connectivity index (χ4v) is 2.49. The van der Waals surface area contributed by atoms with Gasteiger partial charge in [-0.1, -0.05) is 40.0 Å². The lowest BCUT2D eigenvalue weighted by atomic mass is 10.2. The van der Waals surface area contributed by atoms with Crippen LogP contribution >= 0.6 is 34.8 Å². The molecule has 1 heterocycles. The van der Waals surface area contributed by atoms with Crippen molar-refractivity contribution < 1.29 is 18.8 Å². The van der Waals surface area contributed by atoms with Crippen LogP contribution in [0.4, 0.5) is 5.69 Å². The van der Waals surface area contributed by atoms with Crippen LogP contribution in [0.5, 0.6) is 0 Å². The van der Waals surface area contributed by atoms with E-state index >= 15 is 0 Å². The topological polar surface area (TPSA) is 81.4 Å². The second-order valence-corrected chi connectivity index (χ2v) is 6.20. The number of hydrogen-bond acceptors (Lipinski definition) is 5. The van der Waals surface area contributed by atoms with Gasteiger partial charge in [0.05, 0.1) is 26.4 Å². The van der Waals surface area contributed by atoms with Gasteiger partial charge in [-0.2, -0.15) is 0 Å². The predicted molar refractivity (Wildman–Crippen MR) is 91.0 cm³/mol. The number of halogens is 3. The first-order chi connectivity index (χ1) is 11.2. The molecule has 2 aromatic rings. The molecule has 1 aromatic heterocycles. The van der Waals surface area contributed by atoms with Gasteiger partial charge in [0, 0.05) is 0 Å². The van der Waals surface area contributed by atoms with Crippen LogP contribution in [0.1, 0.15) is 28.7 Å². The van der Waals surface area contributed by atoms with Crippen LogP contribution in [-0.2, 0) is 9.53 Å². The zero-order valence-electron chi connectivity index (χ0n) is 12.9. The molecule has 2 rings (SSSR count). The zero-order valence-corrected chi connectivity index (χ0v) is 15.2. The minimum Gasteiger partial charge on any atom is -0.449 e. The molecule has 1 atom stereocenters. The number of rotatable bonds is 4. The molecule has 1 N–H and O–H groups in total. The first-order valence-corrected chi connectivity index (χ1v) is 7.93. The first kappa shape index (κ1) is 18.6. The van der Waals surface area contributed by atoms with Gasteiger partial charge in [-0.25, -0.2) is 4.79 Å². The van der Waals surface area contributed by atoms with Gasteiger partial charge in [0.25, 0.3) is 5.91 Å². The van der Waals surface area contributed by atoms with E-state index in [2.05, 4.69) is 10.5 Å². The molecule has 0 saturated carbocycles. The van der Waals surface area contributed by atoms with Crippen LogP contribution in [0.25, 0.3) is 0 Å². The number of aryl methyl sites for hydroxylation is 2. The Balaban J connectivity index is 2.08. The highest BCUT2D eigenvalue weighted by Gasteiger charge is 2.24. The van der Waals surface area contributed by atoms with Crippen LogP contribution < -0.4 is 5.32 Å². The summed E-state index contributed by atoms with van der Waals surface area (Å²) in [5.74, 6) is -0.956. The van der Waals surface area contributed by atoms with E-state index in [0.717, 1.165) is 0 Å². The number of carbonyl (C=O) groups is 2.